The van der Waals surface area contributed by atoms with Gasteiger partial charge in [-0.05, 0) is 18.2 Å². The van der Waals surface area contributed by atoms with Gasteiger partial charge in [0, 0.05) is 11.9 Å². The highest BCUT2D eigenvalue weighted by molar-refractivity contribution is 7.92. The molecule has 0 atom stereocenters. The Bertz CT molecular complexity index is 742. The van der Waals surface area contributed by atoms with Crippen molar-refractivity contribution in [3.8, 4) is 0 Å². The van der Waals surface area contributed by atoms with Crippen LogP contribution in [0.3, 0.4) is 0 Å². The number of oxime groups is 1. The summed E-state index contributed by atoms with van der Waals surface area (Å²) < 4.78 is 39.5. The molecule has 0 aliphatic carbocycles. The van der Waals surface area contributed by atoms with Crippen LogP contribution < -0.4 is 10.5 Å². The first-order chi connectivity index (χ1) is 9.44. The first-order valence-electron chi connectivity index (χ1n) is 5.23. The van der Waals surface area contributed by atoms with Crippen molar-refractivity contribution >= 4 is 21.5 Å². The van der Waals surface area contributed by atoms with Gasteiger partial charge in [-0.25, -0.2) is 12.8 Å². The standard InChI is InChI=1S/C10H10FN5O3S/c11-9-2-1-6(3-8(9)10(12)15-17)16-20(18,19)7-4-13-14-5-7/h1-5,16-17H,(H2,12,15)(H,13,14). The average Bonchev–Trinajstić information content (AvgIpc) is 2.94. The predicted molar refractivity (Wildman–Crippen MR) is 68.3 cm³/mol. The fourth-order valence-electron chi connectivity index (χ4n) is 1.44. The summed E-state index contributed by atoms with van der Waals surface area (Å²) in [7, 11) is -3.84. The van der Waals surface area contributed by atoms with Gasteiger partial charge in [0.1, 0.15) is 10.7 Å². The minimum Gasteiger partial charge on any atom is -0.409 e. The minimum atomic E-state index is -3.84. The highest BCUT2D eigenvalue weighted by Crippen LogP contribution is 2.18. The molecular weight excluding hydrogens is 289 g/mol. The maximum Gasteiger partial charge on any atom is 0.265 e. The van der Waals surface area contributed by atoms with E-state index in [1.807, 2.05) is 0 Å². The Morgan fingerprint density at radius 2 is 2.25 bits per heavy atom. The summed E-state index contributed by atoms with van der Waals surface area (Å²) in [6.45, 7) is 0. The SMILES string of the molecule is NC(=NO)c1cc(NS(=O)(=O)c2cn[nH]c2)ccc1F. The number of nitrogens with two attached hydrogens (primary N) is 1. The number of rotatable bonds is 4. The lowest BCUT2D eigenvalue weighted by Crippen LogP contribution is -2.17. The molecule has 0 bridgehead atoms. The van der Waals surface area contributed by atoms with Gasteiger partial charge < -0.3 is 10.9 Å². The molecule has 1 aromatic carbocycles. The number of anilines is 1. The molecule has 8 nitrogen and oxygen atoms in total. The molecule has 0 aliphatic rings. The molecule has 0 saturated heterocycles. The normalized spacial score (nSPS) is 12.3. The Hall–Kier alpha value is -2.62. The third-order valence-corrected chi connectivity index (χ3v) is 3.73. The number of H-pyrrole nitrogens is 1. The van der Waals surface area contributed by atoms with Crippen LogP contribution >= 0.6 is 0 Å². The average molecular weight is 299 g/mol. The summed E-state index contributed by atoms with van der Waals surface area (Å²) >= 11 is 0. The zero-order valence-electron chi connectivity index (χ0n) is 9.91. The third kappa shape index (κ3) is 2.69. The number of halogens is 1. The number of nitrogens with zero attached hydrogens (tertiary/aromatic N) is 2. The van der Waals surface area contributed by atoms with Crippen molar-refractivity contribution in [1.29, 1.82) is 0 Å². The summed E-state index contributed by atoms with van der Waals surface area (Å²) in [5, 5.41) is 17.1. The minimum absolute atomic E-state index is 0.0641. The number of aromatic nitrogens is 2. The van der Waals surface area contributed by atoms with Gasteiger partial charge in [-0.15, -0.1) is 0 Å². The lowest BCUT2D eigenvalue weighted by atomic mass is 10.2. The smallest absolute Gasteiger partial charge is 0.265 e. The molecule has 5 N–H and O–H groups in total. The molecule has 0 aliphatic heterocycles. The van der Waals surface area contributed by atoms with E-state index in [1.54, 1.807) is 0 Å². The van der Waals surface area contributed by atoms with Crippen LogP contribution in [0, 0.1) is 5.82 Å². The molecule has 2 aromatic rings. The van der Waals surface area contributed by atoms with Gasteiger partial charge in [-0.1, -0.05) is 5.16 Å². The first-order valence-corrected chi connectivity index (χ1v) is 6.71. The van der Waals surface area contributed by atoms with Crippen molar-refractivity contribution < 1.29 is 18.0 Å². The molecule has 0 radical (unpaired) electrons. The highest BCUT2D eigenvalue weighted by atomic mass is 32.2. The molecule has 0 unspecified atom stereocenters. The molecule has 10 heteroatoms. The molecular formula is C10H10FN5O3S. The van der Waals surface area contributed by atoms with Gasteiger partial charge in [0.15, 0.2) is 5.84 Å². The number of aromatic amines is 1. The fourth-order valence-corrected chi connectivity index (χ4v) is 2.39. The molecule has 0 fully saturated rings. The van der Waals surface area contributed by atoms with E-state index < -0.39 is 21.7 Å². The summed E-state index contributed by atoms with van der Waals surface area (Å²) in [5.41, 5.74) is 5.13. The van der Waals surface area contributed by atoms with Crippen LogP contribution in [0.1, 0.15) is 5.56 Å². The summed E-state index contributed by atoms with van der Waals surface area (Å²) in [6.07, 6.45) is 2.31. The van der Waals surface area contributed by atoms with Crippen molar-refractivity contribution in [3.05, 3.63) is 42.0 Å². The number of hydrogen-bond acceptors (Lipinski definition) is 5. The second kappa shape index (κ2) is 5.17. The van der Waals surface area contributed by atoms with Crippen LogP contribution in [0.5, 0.6) is 0 Å². The van der Waals surface area contributed by atoms with Gasteiger partial charge in [-0.3, -0.25) is 9.82 Å². The van der Waals surface area contributed by atoms with Crippen LogP contribution in [-0.2, 0) is 10.0 Å². The maximum absolute atomic E-state index is 13.4. The Kier molecular flexibility index (Phi) is 3.57. The van der Waals surface area contributed by atoms with Crippen LogP contribution in [0.2, 0.25) is 0 Å². The highest BCUT2D eigenvalue weighted by Gasteiger charge is 2.16. The van der Waals surface area contributed by atoms with Gasteiger partial charge >= 0.3 is 0 Å². The van der Waals surface area contributed by atoms with Crippen LogP contribution in [0.25, 0.3) is 0 Å². The summed E-state index contributed by atoms with van der Waals surface area (Å²) in [4.78, 5) is -0.0767. The largest absolute Gasteiger partial charge is 0.409 e. The van der Waals surface area contributed by atoms with Gasteiger partial charge in [0.05, 0.1) is 11.8 Å². The van der Waals surface area contributed by atoms with Gasteiger partial charge in [-0.2, -0.15) is 5.10 Å². The van der Waals surface area contributed by atoms with E-state index in [-0.39, 0.29) is 16.1 Å². The Balaban J connectivity index is 2.36. The number of sulfonamides is 1. The zero-order chi connectivity index (χ0) is 14.8. The van der Waals surface area contributed by atoms with E-state index in [0.717, 1.165) is 18.3 Å². The van der Waals surface area contributed by atoms with Crippen LogP contribution in [0.15, 0.2) is 40.6 Å². The van der Waals surface area contributed by atoms with E-state index in [9.17, 15) is 12.8 Å². The molecule has 0 amide bonds. The second-order valence-corrected chi connectivity index (χ2v) is 5.40. The molecule has 0 spiro atoms. The molecule has 1 aromatic heterocycles. The topological polar surface area (TPSA) is 133 Å². The number of amidine groups is 1. The van der Waals surface area contributed by atoms with Crippen molar-refractivity contribution in [2.75, 3.05) is 4.72 Å². The molecule has 1 heterocycles. The maximum atomic E-state index is 13.4. The summed E-state index contributed by atoms with van der Waals surface area (Å²) in [5.74, 6) is -1.21. The predicted octanol–water partition coefficient (Wildman–Crippen LogP) is 0.444. The van der Waals surface area contributed by atoms with Crippen molar-refractivity contribution in [3.63, 3.8) is 0 Å². The van der Waals surface area contributed by atoms with E-state index in [0.29, 0.717) is 0 Å². The van der Waals surface area contributed by atoms with Crippen molar-refractivity contribution in [2.45, 2.75) is 4.90 Å². The number of hydrogen-bond donors (Lipinski definition) is 4. The van der Waals surface area contributed by atoms with E-state index in [4.69, 9.17) is 10.9 Å². The van der Waals surface area contributed by atoms with E-state index in [1.165, 1.54) is 12.3 Å². The first kappa shape index (κ1) is 13.8. The lowest BCUT2D eigenvalue weighted by molar-refractivity contribution is 0.318. The number of nitrogens with one attached hydrogen (secondary N) is 2. The Labute approximate surface area is 113 Å². The monoisotopic (exact) mass is 299 g/mol. The molecule has 0 saturated carbocycles. The Morgan fingerprint density at radius 3 is 2.85 bits per heavy atom. The Morgan fingerprint density at radius 1 is 1.50 bits per heavy atom. The third-order valence-electron chi connectivity index (χ3n) is 2.39. The molecule has 2 rings (SSSR count). The zero-order valence-corrected chi connectivity index (χ0v) is 10.7. The fraction of sp³-hybridized carbons (Fsp3) is 0. The van der Waals surface area contributed by atoms with E-state index in [2.05, 4.69) is 20.1 Å². The van der Waals surface area contributed by atoms with Gasteiger partial charge in [0.2, 0.25) is 0 Å². The van der Waals surface area contributed by atoms with Crippen molar-refractivity contribution in [1.82, 2.24) is 10.2 Å². The lowest BCUT2D eigenvalue weighted by Gasteiger charge is -2.08. The number of benzene rings is 1. The second-order valence-electron chi connectivity index (χ2n) is 3.72. The quantitative estimate of drug-likeness (QED) is 0.281. The van der Waals surface area contributed by atoms with E-state index >= 15 is 0 Å². The van der Waals surface area contributed by atoms with Crippen molar-refractivity contribution in [2.24, 2.45) is 10.9 Å². The van der Waals surface area contributed by atoms with Gasteiger partial charge in [0.25, 0.3) is 10.0 Å². The van der Waals surface area contributed by atoms with Crippen LogP contribution in [0.4, 0.5) is 10.1 Å². The molecule has 106 valence electrons. The molecule has 20 heavy (non-hydrogen) atoms. The summed E-state index contributed by atoms with van der Waals surface area (Å²) in [6, 6.07) is 3.32. The van der Waals surface area contributed by atoms with Crippen LogP contribution in [-0.4, -0.2) is 29.7 Å².